The number of aryl methyl sites for hydroxylation is 1. The Kier molecular flexibility index (Phi) is 2.18. The fourth-order valence-electron chi connectivity index (χ4n) is 0.954. The van der Waals surface area contributed by atoms with Gasteiger partial charge in [0.15, 0.2) is 0 Å². The number of nitrogens with zero attached hydrogens (tertiary/aromatic N) is 1. The molecule has 1 aromatic heterocycles. The van der Waals surface area contributed by atoms with E-state index in [-0.39, 0.29) is 10.6 Å². The summed E-state index contributed by atoms with van der Waals surface area (Å²) >= 11 is 0. The van der Waals surface area contributed by atoms with Crippen LogP contribution in [0.3, 0.4) is 0 Å². The van der Waals surface area contributed by atoms with Crippen molar-refractivity contribution in [3.8, 4) is 0 Å². The van der Waals surface area contributed by atoms with Gasteiger partial charge in [0, 0.05) is 0 Å². The van der Waals surface area contributed by atoms with Crippen molar-refractivity contribution in [2.75, 3.05) is 0 Å². The Morgan fingerprint density at radius 3 is 2.58 bits per heavy atom. The molecule has 0 bridgehead atoms. The number of nitrogens with two attached hydrogens (primary N) is 1. The van der Waals surface area contributed by atoms with Gasteiger partial charge in [-0.05, 0) is 6.92 Å². The van der Waals surface area contributed by atoms with Crippen LogP contribution in [0.5, 0.6) is 0 Å². The van der Waals surface area contributed by atoms with Gasteiger partial charge in [-0.25, -0.2) is 13.6 Å². The van der Waals surface area contributed by atoms with Crippen molar-refractivity contribution in [1.29, 1.82) is 0 Å². The number of aromatic amines is 1. The maximum atomic E-state index is 10.9. The van der Waals surface area contributed by atoms with Gasteiger partial charge in [0.2, 0.25) is 10.0 Å². The number of aliphatic hydroxyl groups is 1. The highest BCUT2D eigenvalue weighted by atomic mass is 32.2. The van der Waals surface area contributed by atoms with Gasteiger partial charge in [0.1, 0.15) is 10.6 Å². The summed E-state index contributed by atoms with van der Waals surface area (Å²) in [5, 5.41) is 19.6. The molecule has 0 fully saturated rings. The zero-order valence-electron chi connectivity index (χ0n) is 6.40. The van der Waals surface area contributed by atoms with Crippen LogP contribution in [0.15, 0.2) is 4.90 Å². The average Bonchev–Trinajstić information content (AvgIpc) is 2.29. The van der Waals surface area contributed by atoms with Gasteiger partial charge in [0.25, 0.3) is 0 Å². The Morgan fingerprint density at radius 1 is 1.67 bits per heavy atom. The molecule has 0 aromatic carbocycles. The van der Waals surface area contributed by atoms with E-state index in [1.54, 1.807) is 0 Å². The van der Waals surface area contributed by atoms with E-state index in [0.717, 1.165) is 0 Å². The molecule has 1 rings (SSSR count). The minimum absolute atomic E-state index is 0.0509. The largest absolute Gasteiger partial charge is 0.390 e. The predicted molar refractivity (Wildman–Crippen MR) is 40.6 cm³/mol. The van der Waals surface area contributed by atoms with Gasteiger partial charge in [0.05, 0.1) is 12.3 Å². The van der Waals surface area contributed by atoms with Crippen LogP contribution in [0.4, 0.5) is 0 Å². The van der Waals surface area contributed by atoms with Crippen LogP contribution in [-0.2, 0) is 16.6 Å². The molecule has 0 aliphatic carbocycles. The molecule has 0 atom stereocenters. The number of aromatic nitrogens is 2. The van der Waals surface area contributed by atoms with Crippen LogP contribution in [0, 0.1) is 6.92 Å². The lowest BCUT2D eigenvalue weighted by Crippen LogP contribution is -2.14. The van der Waals surface area contributed by atoms with Crippen LogP contribution < -0.4 is 5.14 Å². The number of primary sulfonamides is 1. The second kappa shape index (κ2) is 2.85. The zero-order chi connectivity index (χ0) is 9.35. The first-order valence-electron chi connectivity index (χ1n) is 3.14. The molecule has 0 aliphatic rings. The molecule has 7 heteroatoms. The van der Waals surface area contributed by atoms with Crippen LogP contribution in [0.1, 0.15) is 11.4 Å². The highest BCUT2D eigenvalue weighted by Gasteiger charge is 2.19. The SMILES string of the molecule is Cc1[nH]nc(CO)c1S(N)(=O)=O. The first-order valence-corrected chi connectivity index (χ1v) is 4.69. The molecule has 1 aromatic rings. The lowest BCUT2D eigenvalue weighted by Gasteiger charge is -1.96. The zero-order valence-corrected chi connectivity index (χ0v) is 7.22. The Bertz CT molecular complexity index is 381. The third-order valence-corrected chi connectivity index (χ3v) is 2.51. The Balaban J connectivity index is 3.39. The van der Waals surface area contributed by atoms with Crippen molar-refractivity contribution in [3.05, 3.63) is 11.4 Å². The Labute approximate surface area is 69.5 Å². The molecule has 1 heterocycles. The summed E-state index contributed by atoms with van der Waals surface area (Å²) in [5.74, 6) is 0. The van der Waals surface area contributed by atoms with Gasteiger partial charge in [-0.1, -0.05) is 0 Å². The topological polar surface area (TPSA) is 109 Å². The fourth-order valence-corrected chi connectivity index (χ4v) is 1.87. The number of hydrogen-bond donors (Lipinski definition) is 3. The van der Waals surface area contributed by atoms with Crippen molar-refractivity contribution >= 4 is 10.0 Å². The van der Waals surface area contributed by atoms with Crippen molar-refractivity contribution in [2.24, 2.45) is 5.14 Å². The minimum atomic E-state index is -3.79. The highest BCUT2D eigenvalue weighted by molar-refractivity contribution is 7.89. The van der Waals surface area contributed by atoms with Crippen LogP contribution in [-0.4, -0.2) is 23.7 Å². The maximum Gasteiger partial charge on any atom is 0.241 e. The smallest absolute Gasteiger partial charge is 0.241 e. The molecule has 0 radical (unpaired) electrons. The standard InChI is InChI=1S/C5H9N3O3S/c1-3-5(12(6,10)11)4(2-9)8-7-3/h9H,2H2,1H3,(H,7,8)(H2,6,10,11). The van der Waals surface area contributed by atoms with E-state index in [1.807, 2.05) is 0 Å². The first kappa shape index (κ1) is 9.17. The van der Waals surface area contributed by atoms with Crippen molar-refractivity contribution in [2.45, 2.75) is 18.4 Å². The molecule has 12 heavy (non-hydrogen) atoms. The van der Waals surface area contributed by atoms with Crippen molar-refractivity contribution < 1.29 is 13.5 Å². The molecule has 0 aliphatic heterocycles. The highest BCUT2D eigenvalue weighted by Crippen LogP contribution is 2.14. The molecule has 4 N–H and O–H groups in total. The van der Waals surface area contributed by atoms with E-state index in [2.05, 4.69) is 10.2 Å². The third-order valence-electron chi connectivity index (χ3n) is 1.40. The first-order chi connectivity index (χ1) is 5.46. The Morgan fingerprint density at radius 2 is 2.25 bits per heavy atom. The monoisotopic (exact) mass is 191 g/mol. The van der Waals surface area contributed by atoms with E-state index < -0.39 is 16.6 Å². The molecule has 0 saturated carbocycles. The summed E-state index contributed by atoms with van der Waals surface area (Å²) in [7, 11) is -3.79. The second-order valence-corrected chi connectivity index (χ2v) is 3.83. The van der Waals surface area contributed by atoms with Gasteiger partial charge < -0.3 is 5.11 Å². The Hall–Kier alpha value is -0.920. The number of sulfonamides is 1. The number of hydrogen-bond acceptors (Lipinski definition) is 4. The quantitative estimate of drug-likeness (QED) is 0.548. The molecule has 0 spiro atoms. The molecule has 0 saturated heterocycles. The average molecular weight is 191 g/mol. The lowest BCUT2D eigenvalue weighted by molar-refractivity contribution is 0.273. The molecular formula is C5H9N3O3S. The summed E-state index contributed by atoms with van der Waals surface area (Å²) < 4.78 is 21.8. The van der Waals surface area contributed by atoms with Gasteiger partial charge in [-0.3, -0.25) is 5.10 Å². The molecule has 0 unspecified atom stereocenters. The maximum absolute atomic E-state index is 10.9. The summed E-state index contributed by atoms with van der Waals surface area (Å²) in [5.41, 5.74) is 0.386. The van der Waals surface area contributed by atoms with Gasteiger partial charge in [-0.2, -0.15) is 5.10 Å². The summed E-state index contributed by atoms with van der Waals surface area (Å²) in [6.45, 7) is 1.07. The van der Waals surface area contributed by atoms with Crippen LogP contribution >= 0.6 is 0 Å². The van der Waals surface area contributed by atoms with E-state index >= 15 is 0 Å². The number of rotatable bonds is 2. The van der Waals surface area contributed by atoms with E-state index in [1.165, 1.54) is 6.92 Å². The second-order valence-electron chi connectivity index (χ2n) is 2.33. The normalized spacial score (nSPS) is 11.9. The number of nitrogens with one attached hydrogen (secondary N) is 1. The predicted octanol–water partition coefficient (Wildman–Crippen LogP) is -1.14. The van der Waals surface area contributed by atoms with Crippen molar-refractivity contribution in [1.82, 2.24) is 10.2 Å². The van der Waals surface area contributed by atoms with Gasteiger partial charge >= 0.3 is 0 Å². The minimum Gasteiger partial charge on any atom is -0.390 e. The third kappa shape index (κ3) is 1.47. The van der Waals surface area contributed by atoms with Crippen LogP contribution in [0.2, 0.25) is 0 Å². The van der Waals surface area contributed by atoms with E-state index in [0.29, 0.717) is 5.69 Å². The summed E-state index contributed by atoms with van der Waals surface area (Å²) in [6, 6.07) is 0. The number of aliphatic hydroxyl groups excluding tert-OH is 1. The summed E-state index contributed by atoms with van der Waals surface area (Å²) in [6.07, 6.45) is 0. The van der Waals surface area contributed by atoms with E-state index in [4.69, 9.17) is 10.2 Å². The fraction of sp³-hybridized carbons (Fsp3) is 0.400. The molecule has 0 amide bonds. The molecule has 68 valence electrons. The van der Waals surface area contributed by atoms with Gasteiger partial charge in [-0.15, -0.1) is 0 Å². The lowest BCUT2D eigenvalue weighted by atomic mass is 10.4. The molecular weight excluding hydrogens is 182 g/mol. The molecule has 6 nitrogen and oxygen atoms in total. The van der Waals surface area contributed by atoms with Crippen molar-refractivity contribution in [3.63, 3.8) is 0 Å². The summed E-state index contributed by atoms with van der Waals surface area (Å²) in [4.78, 5) is -0.120. The van der Waals surface area contributed by atoms with Crippen LogP contribution in [0.25, 0.3) is 0 Å². The van der Waals surface area contributed by atoms with E-state index in [9.17, 15) is 8.42 Å². The number of H-pyrrole nitrogens is 1.